The third-order valence-electron chi connectivity index (χ3n) is 6.25. The summed E-state index contributed by atoms with van der Waals surface area (Å²) in [5.74, 6) is 0.664. The van der Waals surface area contributed by atoms with Gasteiger partial charge in [0.2, 0.25) is 0 Å². The SMILES string of the molecule is C=CCN([C@@H](Cc1ccccc1)C(=O)OC)[P@@](=O)(C=C)O[P@@](=O)(C=C)N(CC=C)[C@@H](Cc1ccccc1)C(=O)OC. The molecule has 0 saturated heterocycles. The first-order chi connectivity index (χ1) is 19.6. The number of hydrogen-bond donors (Lipinski definition) is 0. The van der Waals surface area contributed by atoms with Crippen LogP contribution in [0, 0.1) is 0 Å². The molecule has 0 unspecified atom stereocenters. The minimum Gasteiger partial charge on any atom is -0.468 e. The van der Waals surface area contributed by atoms with E-state index in [1.54, 1.807) is 0 Å². The number of benzene rings is 2. The first-order valence-corrected chi connectivity index (χ1v) is 16.1. The summed E-state index contributed by atoms with van der Waals surface area (Å²) in [4.78, 5) is 26.0. The lowest BCUT2D eigenvalue weighted by molar-refractivity contribution is -0.145. The lowest BCUT2D eigenvalue weighted by Crippen LogP contribution is -2.43. The second kappa shape index (κ2) is 16.2. The summed E-state index contributed by atoms with van der Waals surface area (Å²) in [6, 6.07) is 15.9. The van der Waals surface area contributed by atoms with Gasteiger partial charge < -0.3 is 9.47 Å². The molecule has 2 rings (SSSR count). The molecule has 0 heterocycles. The maximum atomic E-state index is 14.6. The zero-order chi connectivity index (χ0) is 30.5. The Bertz CT molecular complexity index is 1200. The van der Waals surface area contributed by atoms with Crippen LogP contribution in [0.5, 0.6) is 0 Å². The average molecular weight is 601 g/mol. The first-order valence-electron chi connectivity index (χ1n) is 12.8. The highest BCUT2D eigenvalue weighted by Crippen LogP contribution is 2.69. The Labute approximate surface area is 242 Å². The lowest BCUT2D eigenvalue weighted by Gasteiger charge is -2.39. The van der Waals surface area contributed by atoms with Gasteiger partial charge in [0, 0.05) is 24.7 Å². The van der Waals surface area contributed by atoms with Crippen LogP contribution in [0.3, 0.4) is 0 Å². The van der Waals surface area contributed by atoms with E-state index in [-0.39, 0.29) is 25.9 Å². The second-order valence-corrected chi connectivity index (χ2v) is 13.5. The van der Waals surface area contributed by atoms with Gasteiger partial charge in [-0.05, 0) is 24.0 Å². The van der Waals surface area contributed by atoms with Gasteiger partial charge in [-0.1, -0.05) is 86.0 Å². The van der Waals surface area contributed by atoms with Crippen LogP contribution in [0.4, 0.5) is 0 Å². The van der Waals surface area contributed by atoms with E-state index in [1.165, 1.54) is 35.7 Å². The van der Waals surface area contributed by atoms with Gasteiger partial charge in [-0.25, -0.2) is 13.7 Å². The smallest absolute Gasteiger partial charge is 0.323 e. The fourth-order valence-electron chi connectivity index (χ4n) is 4.24. The number of nitrogens with zero attached hydrogens (tertiary/aromatic N) is 2. The minimum atomic E-state index is -4.30. The summed E-state index contributed by atoms with van der Waals surface area (Å²) in [6.45, 7) is 14.7. The van der Waals surface area contributed by atoms with Crippen LogP contribution in [0.25, 0.3) is 0 Å². The van der Waals surface area contributed by atoms with Crippen LogP contribution < -0.4 is 0 Å². The summed E-state index contributed by atoms with van der Waals surface area (Å²) < 4.78 is 47.7. The fraction of sp³-hybridized carbons (Fsp3) is 0.267. The van der Waals surface area contributed by atoms with Gasteiger partial charge in [0.15, 0.2) is 0 Å². The number of ether oxygens (including phenoxy) is 2. The van der Waals surface area contributed by atoms with E-state index < -0.39 is 39.1 Å². The quantitative estimate of drug-likeness (QED) is 0.112. The molecular weight excluding hydrogens is 562 g/mol. The monoisotopic (exact) mass is 600 g/mol. The van der Waals surface area contributed by atoms with Crippen LogP contribution in [-0.4, -0.2) is 60.7 Å². The summed E-state index contributed by atoms with van der Waals surface area (Å²) in [5, 5.41) is 0. The minimum absolute atomic E-state index is 0.0983. The molecule has 0 bridgehead atoms. The Morgan fingerprint density at radius 1 is 0.707 bits per heavy atom. The van der Waals surface area contributed by atoms with E-state index in [9.17, 15) is 18.7 Å². The van der Waals surface area contributed by atoms with Crippen LogP contribution in [-0.2, 0) is 45.3 Å². The van der Waals surface area contributed by atoms with E-state index in [4.69, 9.17) is 13.8 Å². The third kappa shape index (κ3) is 8.83. The van der Waals surface area contributed by atoms with Gasteiger partial charge in [-0.3, -0.25) is 18.7 Å². The molecule has 0 amide bonds. The summed E-state index contributed by atoms with van der Waals surface area (Å²) in [7, 11) is -6.16. The largest absolute Gasteiger partial charge is 0.468 e. The molecule has 0 spiro atoms. The van der Waals surface area contributed by atoms with Gasteiger partial charge in [0.25, 0.3) is 0 Å². The summed E-state index contributed by atoms with van der Waals surface area (Å²) in [6.07, 6.45) is 3.09. The van der Waals surface area contributed by atoms with Gasteiger partial charge in [-0.15, -0.1) is 13.2 Å². The molecule has 220 valence electrons. The number of methoxy groups -OCH3 is 2. The molecule has 0 aromatic heterocycles. The van der Waals surface area contributed by atoms with Crippen molar-refractivity contribution >= 4 is 27.0 Å². The van der Waals surface area contributed by atoms with Gasteiger partial charge in [0.1, 0.15) is 12.1 Å². The Kier molecular flexibility index (Phi) is 13.4. The number of carbonyl (C=O) groups is 2. The van der Waals surface area contributed by atoms with Crippen LogP contribution in [0.2, 0.25) is 0 Å². The Morgan fingerprint density at radius 2 is 1.05 bits per heavy atom. The highest BCUT2D eigenvalue weighted by Gasteiger charge is 2.47. The normalized spacial score (nSPS) is 15.5. The number of esters is 2. The zero-order valence-electron chi connectivity index (χ0n) is 23.5. The highest BCUT2D eigenvalue weighted by molar-refractivity contribution is 7.72. The van der Waals surface area contributed by atoms with Gasteiger partial charge in [0.05, 0.1) is 14.2 Å². The second-order valence-electron chi connectivity index (χ2n) is 8.85. The number of rotatable bonds is 18. The molecule has 0 saturated carbocycles. The summed E-state index contributed by atoms with van der Waals surface area (Å²) in [5.41, 5.74) is 1.53. The average Bonchev–Trinajstić information content (AvgIpc) is 3.00. The molecule has 4 atom stereocenters. The number of carbonyl (C=O) groups excluding carboxylic acids is 2. The Balaban J connectivity index is 2.62. The van der Waals surface area contributed by atoms with E-state index in [0.29, 0.717) is 0 Å². The van der Waals surface area contributed by atoms with E-state index in [0.717, 1.165) is 22.8 Å². The van der Waals surface area contributed by atoms with Crippen molar-refractivity contribution in [1.29, 1.82) is 0 Å². The molecule has 0 fully saturated rings. The van der Waals surface area contributed by atoms with Crippen molar-refractivity contribution in [3.05, 3.63) is 122 Å². The molecule has 2 aromatic carbocycles. The predicted molar refractivity (Wildman–Crippen MR) is 162 cm³/mol. The molecular formula is C30H38N2O7P2. The van der Waals surface area contributed by atoms with Crippen molar-refractivity contribution in [2.75, 3.05) is 27.3 Å². The predicted octanol–water partition coefficient (Wildman–Crippen LogP) is 6.22. The molecule has 0 radical (unpaired) electrons. The molecule has 41 heavy (non-hydrogen) atoms. The molecule has 0 N–H and O–H groups in total. The van der Waals surface area contributed by atoms with Crippen molar-refractivity contribution in [3.8, 4) is 0 Å². The van der Waals surface area contributed by atoms with E-state index >= 15 is 0 Å². The molecule has 0 aliphatic heterocycles. The molecule has 9 nitrogen and oxygen atoms in total. The third-order valence-corrected chi connectivity index (χ3v) is 11.4. The van der Waals surface area contributed by atoms with Crippen LogP contribution in [0.1, 0.15) is 11.1 Å². The molecule has 0 aliphatic carbocycles. The molecule has 11 heteroatoms. The van der Waals surface area contributed by atoms with Crippen LogP contribution >= 0.6 is 15.0 Å². The maximum Gasteiger partial charge on any atom is 0.323 e. The zero-order valence-corrected chi connectivity index (χ0v) is 25.3. The standard InChI is InChI=1S/C30H38N2O7P2/c1-7-21-31(27(29(33)37-5)23-25-17-13-11-14-18-25)40(35,9-3)39-41(36,10-4)32(22-8-2)28(30(34)38-6)24-26-19-15-12-16-20-26/h7-20,27-28H,1-4,21-24H2,5-6H3/t27-,28-,40-,41+/m0/s1. The topological polar surface area (TPSA) is 102 Å². The fourth-order valence-corrected chi connectivity index (χ4v) is 9.10. The molecule has 0 aliphatic rings. The van der Waals surface area contributed by atoms with Gasteiger partial charge >= 0.3 is 27.0 Å². The van der Waals surface area contributed by atoms with Gasteiger partial charge in [-0.2, -0.15) is 0 Å². The molecule has 2 aromatic rings. The maximum absolute atomic E-state index is 14.6. The van der Waals surface area contributed by atoms with Crippen molar-refractivity contribution in [2.24, 2.45) is 0 Å². The van der Waals surface area contributed by atoms with Crippen molar-refractivity contribution in [2.45, 2.75) is 24.9 Å². The Morgan fingerprint density at radius 3 is 1.32 bits per heavy atom. The number of hydrogen-bond acceptors (Lipinski definition) is 7. The van der Waals surface area contributed by atoms with E-state index in [1.807, 2.05) is 60.7 Å². The van der Waals surface area contributed by atoms with Crippen molar-refractivity contribution < 1.29 is 32.5 Å². The van der Waals surface area contributed by atoms with Crippen LogP contribution in [0.15, 0.2) is 111 Å². The highest BCUT2D eigenvalue weighted by atomic mass is 31.2. The van der Waals surface area contributed by atoms with Crippen molar-refractivity contribution in [3.63, 3.8) is 0 Å². The van der Waals surface area contributed by atoms with Crippen molar-refractivity contribution in [1.82, 2.24) is 9.34 Å². The summed E-state index contributed by atoms with van der Waals surface area (Å²) >= 11 is 0. The first kappa shape index (κ1) is 33.9. The lowest BCUT2D eigenvalue weighted by atomic mass is 10.1. The van der Waals surface area contributed by atoms with E-state index in [2.05, 4.69) is 26.3 Å². The Hall–Kier alpha value is -3.32.